The molecule has 0 spiro atoms. The summed E-state index contributed by atoms with van der Waals surface area (Å²) in [5.74, 6) is 0.179. The van der Waals surface area contributed by atoms with Crippen LogP contribution in [0.5, 0.6) is 5.75 Å². The molecule has 0 fully saturated rings. The summed E-state index contributed by atoms with van der Waals surface area (Å²) in [7, 11) is 0. The van der Waals surface area contributed by atoms with E-state index in [2.05, 4.69) is 10.1 Å². The second-order valence-electron chi connectivity index (χ2n) is 8.62. The molecule has 0 radical (unpaired) electrons. The van der Waals surface area contributed by atoms with E-state index in [1.165, 1.54) is 23.7 Å². The number of halogens is 5. The molecule has 0 N–H and O–H groups in total. The number of benzene rings is 3. The Morgan fingerprint density at radius 2 is 1.62 bits per heavy atom. The van der Waals surface area contributed by atoms with E-state index in [0.29, 0.717) is 22.0 Å². The Hall–Kier alpha value is -3.91. The maximum Gasteiger partial charge on any atom is 0.417 e. The number of ether oxygens (including phenoxy) is 1. The lowest BCUT2D eigenvalue weighted by Crippen LogP contribution is -2.08. The Bertz CT molecular complexity index is 1590. The molecule has 0 atom stereocenters. The number of pyridine rings is 1. The highest BCUT2D eigenvalue weighted by Gasteiger charge is 2.36. The maximum absolute atomic E-state index is 14.1. The Balaban J connectivity index is 1.54. The molecule has 2 heterocycles. The molecule has 188 valence electrons. The molecule has 0 bridgehead atoms. The summed E-state index contributed by atoms with van der Waals surface area (Å²) >= 11 is 6.27. The topological polar surface area (TPSA) is 39.9 Å². The number of fused-ring (bicyclic) bond motifs is 1. The fourth-order valence-corrected chi connectivity index (χ4v) is 4.20. The van der Waals surface area contributed by atoms with Crippen molar-refractivity contribution >= 4 is 22.6 Å². The van der Waals surface area contributed by atoms with Gasteiger partial charge in [0.2, 0.25) is 0 Å². The van der Waals surface area contributed by atoms with E-state index in [0.717, 1.165) is 17.2 Å². The van der Waals surface area contributed by atoms with Crippen LogP contribution in [-0.2, 0) is 12.8 Å². The van der Waals surface area contributed by atoms with Gasteiger partial charge in [0, 0.05) is 10.6 Å². The fourth-order valence-electron chi connectivity index (χ4n) is 4.02. The minimum absolute atomic E-state index is 0.0628. The Morgan fingerprint density at radius 1 is 0.919 bits per heavy atom. The smallest absolute Gasteiger partial charge is 0.417 e. The van der Waals surface area contributed by atoms with E-state index in [-0.39, 0.29) is 34.8 Å². The average Bonchev–Trinajstić information content (AvgIpc) is 3.21. The molecule has 37 heavy (non-hydrogen) atoms. The summed E-state index contributed by atoms with van der Waals surface area (Å²) < 4.78 is 62.6. The first-order valence-corrected chi connectivity index (χ1v) is 11.7. The highest BCUT2D eigenvalue weighted by atomic mass is 35.5. The van der Waals surface area contributed by atoms with Crippen LogP contribution >= 0.6 is 11.6 Å². The Labute approximate surface area is 215 Å². The lowest BCUT2D eigenvalue weighted by molar-refractivity contribution is -0.136. The van der Waals surface area contributed by atoms with Crippen molar-refractivity contribution in [1.82, 2.24) is 14.8 Å². The van der Waals surface area contributed by atoms with Crippen molar-refractivity contribution in [3.8, 4) is 22.7 Å². The van der Waals surface area contributed by atoms with Crippen molar-refractivity contribution in [3.63, 3.8) is 0 Å². The van der Waals surface area contributed by atoms with E-state index in [1.807, 2.05) is 6.92 Å². The number of hydrogen-bond donors (Lipinski definition) is 0. The van der Waals surface area contributed by atoms with Gasteiger partial charge in [-0.25, -0.2) is 14.1 Å². The number of hydrogen-bond acceptors (Lipinski definition) is 3. The molecule has 2 aromatic heterocycles. The number of rotatable bonds is 5. The van der Waals surface area contributed by atoms with Crippen molar-refractivity contribution in [3.05, 3.63) is 106 Å². The van der Waals surface area contributed by atoms with E-state index in [9.17, 15) is 17.6 Å². The van der Waals surface area contributed by atoms with Gasteiger partial charge in [-0.3, -0.25) is 0 Å². The first-order chi connectivity index (χ1) is 17.6. The molecule has 0 saturated carbocycles. The molecule has 3 aromatic carbocycles. The minimum Gasteiger partial charge on any atom is -0.489 e. The van der Waals surface area contributed by atoms with Crippen LogP contribution < -0.4 is 4.74 Å². The predicted molar refractivity (Wildman–Crippen MR) is 135 cm³/mol. The van der Waals surface area contributed by atoms with Gasteiger partial charge in [-0.2, -0.15) is 18.3 Å². The molecular weight excluding hydrogens is 506 g/mol. The fraction of sp³-hybridized carbons (Fsp3) is 0.143. The van der Waals surface area contributed by atoms with E-state index >= 15 is 0 Å². The van der Waals surface area contributed by atoms with Crippen LogP contribution in [0.25, 0.3) is 28.0 Å². The number of nitrogens with zero attached hydrogens (tertiary/aromatic N) is 3. The summed E-state index contributed by atoms with van der Waals surface area (Å²) in [6, 6.07) is 18.7. The van der Waals surface area contributed by atoms with Crippen molar-refractivity contribution < 1.29 is 22.3 Å². The van der Waals surface area contributed by atoms with Gasteiger partial charge < -0.3 is 4.74 Å². The second kappa shape index (κ2) is 9.52. The van der Waals surface area contributed by atoms with Gasteiger partial charge in [-0.1, -0.05) is 29.8 Å². The summed E-state index contributed by atoms with van der Waals surface area (Å²) in [6.45, 7) is 3.59. The zero-order valence-corrected chi connectivity index (χ0v) is 20.5. The molecule has 0 amide bonds. The van der Waals surface area contributed by atoms with Gasteiger partial charge in [0.15, 0.2) is 5.65 Å². The Morgan fingerprint density at radius 3 is 2.27 bits per heavy atom. The summed E-state index contributed by atoms with van der Waals surface area (Å²) in [5, 5.41) is 4.78. The molecule has 0 aliphatic heterocycles. The monoisotopic (exact) mass is 525 g/mol. The summed E-state index contributed by atoms with van der Waals surface area (Å²) in [4.78, 5) is 4.58. The number of aryl methyl sites for hydroxylation is 2. The van der Waals surface area contributed by atoms with Crippen molar-refractivity contribution in [2.75, 3.05) is 0 Å². The van der Waals surface area contributed by atoms with Crippen LogP contribution in [0.15, 0.2) is 72.8 Å². The molecule has 0 aliphatic carbocycles. The molecular formula is C28H20ClF4N3O. The molecule has 0 saturated heterocycles. The van der Waals surface area contributed by atoms with Gasteiger partial charge in [0.25, 0.3) is 0 Å². The average molecular weight is 526 g/mol. The highest BCUT2D eigenvalue weighted by molar-refractivity contribution is 6.31. The van der Waals surface area contributed by atoms with Crippen molar-refractivity contribution in [2.24, 2.45) is 0 Å². The lowest BCUT2D eigenvalue weighted by Gasteiger charge is -2.13. The molecule has 5 rings (SSSR count). The van der Waals surface area contributed by atoms with Gasteiger partial charge in [0.1, 0.15) is 18.2 Å². The van der Waals surface area contributed by atoms with Gasteiger partial charge in [-0.05, 0) is 79.6 Å². The van der Waals surface area contributed by atoms with Crippen LogP contribution in [0.4, 0.5) is 17.6 Å². The number of aromatic nitrogens is 3. The maximum atomic E-state index is 14.1. The molecule has 4 nitrogen and oxygen atoms in total. The van der Waals surface area contributed by atoms with Crippen LogP contribution in [0, 0.1) is 19.7 Å². The SMILES string of the molecule is Cc1ccc(-n2nc(C)c3c(C(F)(F)F)cc(-c4ccc(OCc5ccc(F)cc5)cc4)nc32)cc1Cl. The quantitative estimate of drug-likeness (QED) is 0.218. The zero-order chi connectivity index (χ0) is 26.3. The van der Waals surface area contributed by atoms with Gasteiger partial charge in [-0.15, -0.1) is 0 Å². The molecule has 0 unspecified atom stereocenters. The van der Waals surface area contributed by atoms with Gasteiger partial charge in [0.05, 0.1) is 28.0 Å². The second-order valence-corrected chi connectivity index (χ2v) is 9.03. The standard InChI is InChI=1S/C28H20ClF4N3O/c1-16-3-10-21(13-24(16)29)36-27-26(17(2)35-36)23(28(31,32)33)14-25(34-27)19-6-11-22(12-7-19)37-15-18-4-8-20(30)9-5-18/h3-14H,15H2,1-2H3. The third-order valence-corrected chi connectivity index (χ3v) is 6.39. The van der Waals surface area contributed by atoms with Crippen LogP contribution in [-0.4, -0.2) is 14.8 Å². The van der Waals surface area contributed by atoms with Crippen LogP contribution in [0.1, 0.15) is 22.4 Å². The Kier molecular flexibility index (Phi) is 6.37. The first kappa shape index (κ1) is 24.8. The van der Waals surface area contributed by atoms with Crippen LogP contribution in [0.3, 0.4) is 0 Å². The summed E-state index contributed by atoms with van der Waals surface area (Å²) in [5.41, 5.74) is 2.24. The molecule has 0 aliphatic rings. The van der Waals surface area contributed by atoms with E-state index < -0.39 is 11.7 Å². The lowest BCUT2D eigenvalue weighted by atomic mass is 10.0. The normalized spacial score (nSPS) is 11.8. The van der Waals surface area contributed by atoms with Gasteiger partial charge >= 0.3 is 6.18 Å². The third kappa shape index (κ3) is 5.02. The van der Waals surface area contributed by atoms with E-state index in [4.69, 9.17) is 16.3 Å². The molecule has 5 aromatic rings. The first-order valence-electron chi connectivity index (χ1n) is 11.3. The minimum atomic E-state index is -4.61. The highest BCUT2D eigenvalue weighted by Crippen LogP contribution is 2.39. The third-order valence-electron chi connectivity index (χ3n) is 5.99. The largest absolute Gasteiger partial charge is 0.489 e. The molecule has 9 heteroatoms. The van der Waals surface area contributed by atoms with Crippen molar-refractivity contribution in [1.29, 1.82) is 0 Å². The van der Waals surface area contributed by atoms with Crippen LogP contribution in [0.2, 0.25) is 5.02 Å². The van der Waals surface area contributed by atoms with Crippen molar-refractivity contribution in [2.45, 2.75) is 26.6 Å². The number of alkyl halides is 3. The predicted octanol–water partition coefficient (Wildman–Crippen LogP) is 8.09. The zero-order valence-electron chi connectivity index (χ0n) is 19.8. The summed E-state index contributed by atoms with van der Waals surface area (Å²) in [6.07, 6.45) is -4.61. The van der Waals surface area contributed by atoms with E-state index in [1.54, 1.807) is 54.6 Å².